The Labute approximate surface area is 272 Å². The van der Waals surface area contributed by atoms with Crippen molar-refractivity contribution in [3.63, 3.8) is 0 Å². The van der Waals surface area contributed by atoms with Crippen molar-refractivity contribution < 1.29 is 33.7 Å². The maximum Gasteiger partial charge on any atom is 0.311 e. The molecule has 3 aromatic carbocycles. The van der Waals surface area contributed by atoms with Crippen LogP contribution in [0.15, 0.2) is 60.7 Å². The second kappa shape index (κ2) is 13.4. The Morgan fingerprint density at radius 1 is 1.09 bits per heavy atom. The number of amides is 1. The third-order valence-electron chi connectivity index (χ3n) is 9.20. The van der Waals surface area contributed by atoms with Gasteiger partial charge in [0.2, 0.25) is 0 Å². The van der Waals surface area contributed by atoms with E-state index in [0.29, 0.717) is 48.1 Å². The molecule has 0 aliphatic carbocycles. The van der Waals surface area contributed by atoms with Gasteiger partial charge in [0, 0.05) is 28.8 Å². The molecule has 0 radical (unpaired) electrons. The summed E-state index contributed by atoms with van der Waals surface area (Å²) in [6.07, 6.45) is 2.03. The molecule has 1 saturated heterocycles. The van der Waals surface area contributed by atoms with Crippen LogP contribution in [0.4, 0.5) is 4.39 Å². The van der Waals surface area contributed by atoms with Crippen molar-refractivity contribution in [1.29, 1.82) is 0 Å². The van der Waals surface area contributed by atoms with E-state index in [9.17, 15) is 19.8 Å². The largest absolute Gasteiger partial charge is 0.465 e. The highest BCUT2D eigenvalue weighted by molar-refractivity contribution is 6.30. The van der Waals surface area contributed by atoms with Gasteiger partial charge in [-0.15, -0.1) is 0 Å². The van der Waals surface area contributed by atoms with Gasteiger partial charge in [0.05, 0.1) is 35.3 Å². The molecule has 45 heavy (non-hydrogen) atoms. The molecule has 0 aromatic heterocycles. The minimum absolute atomic E-state index is 0.102. The summed E-state index contributed by atoms with van der Waals surface area (Å²) in [5.41, 5.74) is -3.24. The Hall–Kier alpha value is -3.01. The highest BCUT2D eigenvalue weighted by atomic mass is 35.5. The summed E-state index contributed by atoms with van der Waals surface area (Å²) in [6.45, 7) is 6.41. The van der Waals surface area contributed by atoms with Gasteiger partial charge in [-0.05, 0) is 86.1 Å². The Kier molecular flexibility index (Phi) is 9.92. The summed E-state index contributed by atoms with van der Waals surface area (Å²) >= 11 is 12.4. The van der Waals surface area contributed by atoms with Crippen molar-refractivity contribution in [2.75, 3.05) is 19.8 Å². The lowest BCUT2D eigenvalue weighted by atomic mass is 9.74. The molecule has 7 nitrogen and oxygen atoms in total. The summed E-state index contributed by atoms with van der Waals surface area (Å²) in [5, 5.41) is 25.5. The average molecular weight is 659 g/mol. The highest BCUT2D eigenvalue weighted by Crippen LogP contribution is 2.51. The first-order valence-corrected chi connectivity index (χ1v) is 16.1. The van der Waals surface area contributed by atoms with Gasteiger partial charge in [-0.2, -0.15) is 0 Å². The molecule has 3 aromatic rings. The van der Waals surface area contributed by atoms with Crippen LogP contribution in [0.25, 0.3) is 0 Å². The van der Waals surface area contributed by atoms with E-state index >= 15 is 4.39 Å². The molecule has 0 bridgehead atoms. The lowest BCUT2D eigenvalue weighted by Gasteiger charge is -2.42. The number of aliphatic hydroxyl groups is 2. The molecular weight excluding hydrogens is 620 g/mol. The standard InChI is InChI=1S/C35H38Cl2FNO6/c1-4-16-45-33(41)21(3)31(22-6-10-26(36)11-7-22)39-32(40)28-19-25(34(42,5-2)23-14-17-44-18-15-23)20-29(38)30(28)35(39,43)24-8-12-27(37)13-9-24/h6-13,19-21,23,31,42-43H,4-5,14-18H2,1-3H3/t21-,31-,34?,35+/m0/s1. The van der Waals surface area contributed by atoms with Gasteiger partial charge in [-0.25, -0.2) is 4.39 Å². The fourth-order valence-electron chi connectivity index (χ4n) is 6.76. The maximum absolute atomic E-state index is 16.6. The molecule has 2 aliphatic rings. The quantitative estimate of drug-likeness (QED) is 0.225. The first-order chi connectivity index (χ1) is 21.5. The van der Waals surface area contributed by atoms with Crippen LogP contribution < -0.4 is 0 Å². The fraction of sp³-hybridized carbons (Fsp3) is 0.429. The van der Waals surface area contributed by atoms with Crippen LogP contribution in [0.3, 0.4) is 0 Å². The minimum atomic E-state index is -2.35. The zero-order chi connectivity index (χ0) is 32.5. The number of ether oxygens (including phenoxy) is 2. The molecule has 0 spiro atoms. The highest BCUT2D eigenvalue weighted by Gasteiger charge is 2.57. The van der Waals surface area contributed by atoms with Gasteiger partial charge in [0.15, 0.2) is 5.72 Å². The molecule has 2 heterocycles. The SMILES string of the molecule is CCCOC(=O)[C@@H](C)[C@@H](c1ccc(Cl)cc1)N1C(=O)c2cc(C(O)(CC)C3CCOCC3)cc(F)c2[C@]1(O)c1ccc(Cl)cc1. The van der Waals surface area contributed by atoms with Gasteiger partial charge >= 0.3 is 5.97 Å². The van der Waals surface area contributed by atoms with Crippen LogP contribution in [-0.4, -0.2) is 46.8 Å². The number of hydrogen-bond donors (Lipinski definition) is 2. The maximum atomic E-state index is 16.6. The van der Waals surface area contributed by atoms with Crippen molar-refractivity contribution in [2.45, 2.75) is 63.8 Å². The molecule has 4 atom stereocenters. The zero-order valence-electron chi connectivity index (χ0n) is 25.6. The second-order valence-electron chi connectivity index (χ2n) is 11.9. The predicted molar refractivity (Wildman–Crippen MR) is 169 cm³/mol. The summed E-state index contributed by atoms with van der Waals surface area (Å²) < 4.78 is 27.6. The Morgan fingerprint density at radius 3 is 2.27 bits per heavy atom. The number of fused-ring (bicyclic) bond motifs is 1. The molecule has 2 N–H and O–H groups in total. The lowest BCUT2D eigenvalue weighted by Crippen LogP contribution is -2.50. The first-order valence-electron chi connectivity index (χ1n) is 15.4. The molecule has 10 heteroatoms. The average Bonchev–Trinajstić information content (AvgIpc) is 3.28. The normalized spacial score (nSPS) is 21.2. The number of rotatable bonds is 10. The lowest BCUT2D eigenvalue weighted by molar-refractivity contribution is -0.153. The Morgan fingerprint density at radius 2 is 1.69 bits per heavy atom. The third kappa shape index (κ3) is 5.99. The fourth-order valence-corrected chi connectivity index (χ4v) is 7.01. The molecule has 1 amide bonds. The molecule has 0 saturated carbocycles. The van der Waals surface area contributed by atoms with Crippen molar-refractivity contribution in [1.82, 2.24) is 4.90 Å². The summed E-state index contributed by atoms with van der Waals surface area (Å²) in [4.78, 5) is 29.2. The number of esters is 1. The van der Waals surface area contributed by atoms with E-state index in [1.165, 1.54) is 24.3 Å². The van der Waals surface area contributed by atoms with Crippen LogP contribution in [0.2, 0.25) is 10.0 Å². The van der Waals surface area contributed by atoms with Crippen LogP contribution in [0, 0.1) is 17.7 Å². The van der Waals surface area contributed by atoms with E-state index < -0.39 is 41.0 Å². The second-order valence-corrected chi connectivity index (χ2v) is 12.7. The van der Waals surface area contributed by atoms with E-state index in [4.69, 9.17) is 32.7 Å². The van der Waals surface area contributed by atoms with E-state index in [-0.39, 0.29) is 41.2 Å². The van der Waals surface area contributed by atoms with Crippen molar-refractivity contribution >= 4 is 35.1 Å². The van der Waals surface area contributed by atoms with E-state index in [1.807, 2.05) is 13.8 Å². The predicted octanol–water partition coefficient (Wildman–Crippen LogP) is 7.14. The number of carbonyl (C=O) groups excluding carboxylic acids is 2. The molecule has 1 unspecified atom stereocenters. The third-order valence-corrected chi connectivity index (χ3v) is 9.71. The Bertz CT molecular complexity index is 1540. The molecule has 240 valence electrons. The van der Waals surface area contributed by atoms with Crippen molar-refractivity contribution in [2.24, 2.45) is 11.8 Å². The zero-order valence-corrected chi connectivity index (χ0v) is 27.1. The number of hydrogen-bond acceptors (Lipinski definition) is 6. The molecule has 1 fully saturated rings. The number of halogens is 3. The molecule has 5 rings (SSSR count). The van der Waals surface area contributed by atoms with Gasteiger partial charge in [0.1, 0.15) is 5.82 Å². The number of carbonyl (C=O) groups is 2. The van der Waals surface area contributed by atoms with E-state index in [0.717, 1.165) is 4.90 Å². The smallest absolute Gasteiger partial charge is 0.311 e. The number of benzene rings is 3. The van der Waals surface area contributed by atoms with Gasteiger partial charge in [0.25, 0.3) is 5.91 Å². The van der Waals surface area contributed by atoms with Crippen LogP contribution in [-0.2, 0) is 25.6 Å². The monoisotopic (exact) mass is 657 g/mol. The molecule has 2 aliphatic heterocycles. The van der Waals surface area contributed by atoms with Crippen LogP contribution in [0.1, 0.15) is 85.1 Å². The number of nitrogens with zero attached hydrogens (tertiary/aromatic N) is 1. The van der Waals surface area contributed by atoms with Gasteiger partial charge in [-0.3, -0.25) is 14.5 Å². The van der Waals surface area contributed by atoms with Crippen LogP contribution >= 0.6 is 23.2 Å². The summed E-state index contributed by atoms with van der Waals surface area (Å²) in [5.74, 6) is -3.34. The Balaban J connectivity index is 1.74. The van der Waals surface area contributed by atoms with Gasteiger partial charge in [-0.1, -0.05) is 61.3 Å². The molecular formula is C35H38Cl2FNO6. The minimum Gasteiger partial charge on any atom is -0.465 e. The first kappa shape index (κ1) is 33.4. The topological polar surface area (TPSA) is 96.3 Å². The van der Waals surface area contributed by atoms with E-state index in [1.54, 1.807) is 43.3 Å². The van der Waals surface area contributed by atoms with Crippen molar-refractivity contribution in [3.8, 4) is 0 Å². The van der Waals surface area contributed by atoms with Crippen molar-refractivity contribution in [3.05, 3.63) is 104 Å². The summed E-state index contributed by atoms with van der Waals surface area (Å²) in [6, 6.07) is 14.3. The van der Waals surface area contributed by atoms with Crippen LogP contribution in [0.5, 0.6) is 0 Å². The summed E-state index contributed by atoms with van der Waals surface area (Å²) in [7, 11) is 0. The van der Waals surface area contributed by atoms with E-state index in [2.05, 4.69) is 0 Å². The van der Waals surface area contributed by atoms with Gasteiger partial charge < -0.3 is 19.7 Å².